The molecule has 51 heavy (non-hydrogen) atoms. The third-order valence-corrected chi connectivity index (χ3v) is 10.2. The summed E-state index contributed by atoms with van der Waals surface area (Å²) in [4.78, 5) is 27.0. The molecular formula is C43H54N4O4. The first kappa shape index (κ1) is 37.7. The molecule has 1 aliphatic heterocycles. The first-order chi connectivity index (χ1) is 25.0. The van der Waals surface area contributed by atoms with Crippen LogP contribution in [0.2, 0.25) is 0 Å². The number of aliphatic hydroxyl groups excluding tert-OH is 1. The van der Waals surface area contributed by atoms with E-state index < -0.39 is 11.5 Å². The van der Waals surface area contributed by atoms with E-state index in [9.17, 15) is 14.7 Å². The lowest BCUT2D eigenvalue weighted by Crippen LogP contribution is -2.49. The van der Waals surface area contributed by atoms with Gasteiger partial charge >= 0.3 is 0 Å². The van der Waals surface area contributed by atoms with Crippen LogP contribution in [0, 0.1) is 5.92 Å². The second-order valence-corrected chi connectivity index (χ2v) is 13.7. The third kappa shape index (κ3) is 10.3. The molecule has 4 aromatic rings. The van der Waals surface area contributed by atoms with Crippen LogP contribution in [0.5, 0.6) is 5.75 Å². The Balaban J connectivity index is 0.954. The average molecular weight is 691 g/mol. The molecule has 1 saturated heterocycles. The molecule has 2 atom stereocenters. The molecule has 0 saturated carbocycles. The van der Waals surface area contributed by atoms with E-state index in [1.165, 1.54) is 25.7 Å². The maximum atomic E-state index is 13.3. The van der Waals surface area contributed by atoms with Crippen molar-refractivity contribution in [2.75, 3.05) is 38.0 Å². The highest BCUT2D eigenvalue weighted by atomic mass is 16.5. The number of nitrogens with one attached hydrogen (secondary N) is 2. The molecule has 0 radical (unpaired) electrons. The molecule has 1 fully saturated rings. The number of likely N-dealkylation sites (tertiary alicyclic amines) is 1. The van der Waals surface area contributed by atoms with Crippen LogP contribution >= 0.6 is 0 Å². The van der Waals surface area contributed by atoms with Gasteiger partial charge in [0.1, 0.15) is 17.8 Å². The predicted molar refractivity (Wildman–Crippen MR) is 204 cm³/mol. The number of unbranched alkanes of at least 4 members (excludes halogenated alkanes) is 6. The van der Waals surface area contributed by atoms with E-state index in [2.05, 4.69) is 39.8 Å². The summed E-state index contributed by atoms with van der Waals surface area (Å²) >= 11 is 0. The van der Waals surface area contributed by atoms with Gasteiger partial charge in [-0.05, 0) is 79.2 Å². The maximum absolute atomic E-state index is 13.3. The summed E-state index contributed by atoms with van der Waals surface area (Å²) in [6, 6.07) is 35.4. The van der Waals surface area contributed by atoms with Crippen molar-refractivity contribution >= 4 is 18.0 Å². The van der Waals surface area contributed by atoms with Crippen LogP contribution in [0.4, 0.5) is 5.69 Å². The van der Waals surface area contributed by atoms with Gasteiger partial charge in [-0.25, -0.2) is 0 Å². The summed E-state index contributed by atoms with van der Waals surface area (Å²) in [5.41, 5.74) is 9.70. The summed E-state index contributed by atoms with van der Waals surface area (Å²) in [6.45, 7) is 4.61. The van der Waals surface area contributed by atoms with E-state index in [1.54, 1.807) is 12.1 Å². The number of nitrogens with two attached hydrogens (primary N) is 1. The van der Waals surface area contributed by atoms with Crippen molar-refractivity contribution in [1.82, 2.24) is 10.2 Å². The van der Waals surface area contributed by atoms with E-state index >= 15 is 0 Å². The van der Waals surface area contributed by atoms with Gasteiger partial charge in [-0.3, -0.25) is 9.59 Å². The van der Waals surface area contributed by atoms with E-state index in [0.717, 1.165) is 74.1 Å². The fourth-order valence-corrected chi connectivity index (χ4v) is 7.53. The smallest absolute Gasteiger partial charge is 0.232 e. The normalized spacial score (nSPS) is 15.4. The number of benzene rings is 4. The van der Waals surface area contributed by atoms with Crippen LogP contribution in [0.15, 0.2) is 109 Å². The molecule has 4 aromatic carbocycles. The molecule has 0 bridgehead atoms. The van der Waals surface area contributed by atoms with Crippen LogP contribution in [-0.4, -0.2) is 55.0 Å². The van der Waals surface area contributed by atoms with Gasteiger partial charge < -0.3 is 31.1 Å². The lowest BCUT2D eigenvalue weighted by Gasteiger charge is -2.37. The molecule has 5 rings (SSSR count). The minimum atomic E-state index is -0.827. The topological polar surface area (TPSA) is 117 Å². The number of nitrogens with zero attached hydrogens (tertiary/aromatic N) is 1. The van der Waals surface area contributed by atoms with Crippen molar-refractivity contribution < 1.29 is 19.4 Å². The van der Waals surface area contributed by atoms with Gasteiger partial charge in [-0.15, -0.1) is 0 Å². The molecule has 270 valence electrons. The predicted octanol–water partition coefficient (Wildman–Crippen LogP) is 6.98. The Labute approximate surface area is 303 Å². The van der Waals surface area contributed by atoms with Gasteiger partial charge in [-0.2, -0.15) is 0 Å². The van der Waals surface area contributed by atoms with Crippen molar-refractivity contribution in [1.29, 1.82) is 0 Å². The number of rotatable bonds is 22. The molecule has 0 aliphatic carbocycles. The number of primary amides is 1. The van der Waals surface area contributed by atoms with Crippen LogP contribution in [0.3, 0.4) is 0 Å². The molecule has 5 N–H and O–H groups in total. The molecule has 0 unspecified atom stereocenters. The van der Waals surface area contributed by atoms with Crippen LogP contribution in [0.25, 0.3) is 0 Å². The highest BCUT2D eigenvalue weighted by Crippen LogP contribution is 2.43. The zero-order valence-corrected chi connectivity index (χ0v) is 29.7. The quantitative estimate of drug-likeness (QED) is 0.0523. The fraction of sp³-hybridized carbons (Fsp3) is 0.395. The molecule has 1 aliphatic rings. The first-order valence-corrected chi connectivity index (χ1v) is 18.5. The molecule has 2 amide bonds. The number of aliphatic hydroxyl groups is 1. The van der Waals surface area contributed by atoms with Crippen molar-refractivity contribution in [2.45, 2.75) is 69.5 Å². The summed E-state index contributed by atoms with van der Waals surface area (Å²) < 4.78 is 5.92. The highest BCUT2D eigenvalue weighted by molar-refractivity contribution is 5.91. The number of amides is 2. The van der Waals surface area contributed by atoms with Crippen molar-refractivity contribution in [3.63, 3.8) is 0 Å². The molecule has 0 aromatic heterocycles. The van der Waals surface area contributed by atoms with Crippen LogP contribution in [0.1, 0.15) is 79.7 Å². The lowest BCUT2D eigenvalue weighted by molar-refractivity contribution is -0.123. The van der Waals surface area contributed by atoms with Crippen molar-refractivity contribution in [3.8, 4) is 5.75 Å². The van der Waals surface area contributed by atoms with Gasteiger partial charge in [-0.1, -0.05) is 129 Å². The van der Waals surface area contributed by atoms with Gasteiger partial charge in [0.2, 0.25) is 12.3 Å². The fourth-order valence-electron chi connectivity index (χ4n) is 7.53. The van der Waals surface area contributed by atoms with Crippen LogP contribution in [-0.2, 0) is 21.6 Å². The van der Waals surface area contributed by atoms with Crippen molar-refractivity contribution in [2.24, 2.45) is 11.7 Å². The zero-order valence-electron chi connectivity index (χ0n) is 29.7. The number of carbonyl (C=O) groups is 2. The summed E-state index contributed by atoms with van der Waals surface area (Å²) in [7, 11) is 0. The maximum Gasteiger partial charge on any atom is 0.232 e. The average Bonchev–Trinajstić information content (AvgIpc) is 3.63. The minimum absolute atomic E-state index is 0.136. The second kappa shape index (κ2) is 19.8. The van der Waals surface area contributed by atoms with E-state index in [-0.39, 0.29) is 11.8 Å². The molecule has 8 nitrogen and oxygen atoms in total. The van der Waals surface area contributed by atoms with E-state index in [1.807, 2.05) is 72.8 Å². The van der Waals surface area contributed by atoms with Gasteiger partial charge in [0, 0.05) is 13.1 Å². The summed E-state index contributed by atoms with van der Waals surface area (Å²) in [6.07, 6.45) is 9.14. The Morgan fingerprint density at radius 2 is 1.47 bits per heavy atom. The van der Waals surface area contributed by atoms with Crippen molar-refractivity contribution in [3.05, 3.63) is 131 Å². The number of hydrogen-bond acceptors (Lipinski definition) is 6. The number of anilines is 1. The summed E-state index contributed by atoms with van der Waals surface area (Å²) in [5, 5.41) is 16.8. The standard InChI is InChI=1S/C43H54N4O4/c44-42(50)43(36-19-11-7-12-20-36,37-21-13-8-14-22-37)38-25-28-47(31-38)27-16-5-3-1-2-4-15-26-45-30-40(49)35-23-24-41(39(29-35)46-33-48)51-32-34-17-9-6-10-18-34/h6-14,17-24,29,33,38,40,45,49H,1-5,15-16,25-28,30-32H2,(H2,44,50)(H,46,48)/t38-,40+/m1/s1. The number of ether oxygens (including phenoxy) is 1. The largest absolute Gasteiger partial charge is 0.487 e. The van der Waals surface area contributed by atoms with Gasteiger partial charge in [0.15, 0.2) is 0 Å². The van der Waals surface area contributed by atoms with Gasteiger partial charge in [0.25, 0.3) is 0 Å². The number of carbonyl (C=O) groups excluding carboxylic acids is 2. The Bertz CT molecular complexity index is 1580. The minimum Gasteiger partial charge on any atom is -0.487 e. The third-order valence-electron chi connectivity index (χ3n) is 10.2. The van der Waals surface area contributed by atoms with Gasteiger partial charge in [0.05, 0.1) is 11.8 Å². The zero-order chi connectivity index (χ0) is 35.7. The first-order valence-electron chi connectivity index (χ1n) is 18.5. The monoisotopic (exact) mass is 690 g/mol. The Kier molecular flexibility index (Phi) is 14.6. The summed E-state index contributed by atoms with van der Waals surface area (Å²) in [5.74, 6) is 0.432. The second-order valence-electron chi connectivity index (χ2n) is 13.7. The van der Waals surface area contributed by atoms with E-state index in [0.29, 0.717) is 31.0 Å². The molecule has 1 heterocycles. The molecule has 0 spiro atoms. The molecular weight excluding hydrogens is 636 g/mol. The Morgan fingerprint density at radius 1 is 0.863 bits per heavy atom. The molecule has 8 heteroatoms. The Hall–Kier alpha value is -4.50. The Morgan fingerprint density at radius 3 is 2.10 bits per heavy atom. The van der Waals surface area contributed by atoms with E-state index in [4.69, 9.17) is 10.5 Å². The van der Waals surface area contributed by atoms with Crippen LogP contribution < -0.4 is 21.1 Å². The lowest BCUT2D eigenvalue weighted by atomic mass is 9.64. The SMILES string of the molecule is NC(=O)C(c1ccccc1)(c1ccccc1)[C@@H]1CCN(CCCCCCCCCNC[C@H](O)c2ccc(OCc3ccccc3)c(NC=O)c2)C1. The highest BCUT2D eigenvalue weighted by Gasteiger charge is 2.49. The number of hydrogen-bond donors (Lipinski definition) is 4.